The number of nitro groups is 1. The third kappa shape index (κ3) is 2.74. The number of nitrogens with zero attached hydrogens (tertiary/aromatic N) is 1. The smallest absolute Gasteiger partial charge is 0.338 e. The highest BCUT2D eigenvalue weighted by atomic mass is 16.6. The van der Waals surface area contributed by atoms with Crippen molar-refractivity contribution < 1.29 is 14.5 Å². The second kappa shape index (κ2) is 5.44. The molecule has 1 aromatic rings. The van der Waals surface area contributed by atoms with Crippen molar-refractivity contribution in [2.75, 3.05) is 0 Å². The van der Waals surface area contributed by atoms with E-state index in [1.54, 1.807) is 36.4 Å². The summed E-state index contributed by atoms with van der Waals surface area (Å²) < 4.78 is 5.22. The molecule has 5 nitrogen and oxygen atoms in total. The Morgan fingerprint density at radius 1 is 1.22 bits per heavy atom. The van der Waals surface area contributed by atoms with E-state index in [9.17, 15) is 14.9 Å². The molecule has 0 aliphatic heterocycles. The average molecular weight is 247 g/mol. The van der Waals surface area contributed by atoms with E-state index in [4.69, 9.17) is 4.74 Å². The van der Waals surface area contributed by atoms with Crippen molar-refractivity contribution in [2.45, 2.75) is 25.0 Å². The summed E-state index contributed by atoms with van der Waals surface area (Å²) >= 11 is 0. The number of ether oxygens (including phenoxy) is 1. The molecule has 0 fully saturated rings. The highest BCUT2D eigenvalue weighted by Gasteiger charge is 2.35. The Labute approximate surface area is 104 Å². The molecule has 18 heavy (non-hydrogen) atoms. The van der Waals surface area contributed by atoms with Crippen LogP contribution in [0.25, 0.3) is 0 Å². The van der Waals surface area contributed by atoms with Crippen LogP contribution in [-0.4, -0.2) is 23.0 Å². The average Bonchev–Trinajstić information content (AvgIpc) is 2.40. The monoisotopic (exact) mass is 247 g/mol. The first-order chi connectivity index (χ1) is 8.68. The third-order valence-corrected chi connectivity index (χ3v) is 2.88. The molecule has 1 aliphatic carbocycles. The zero-order valence-electron chi connectivity index (χ0n) is 9.69. The second-order valence-electron chi connectivity index (χ2n) is 4.11. The summed E-state index contributed by atoms with van der Waals surface area (Å²) in [5.41, 5.74) is 0.411. The Morgan fingerprint density at radius 3 is 2.56 bits per heavy atom. The van der Waals surface area contributed by atoms with Crippen LogP contribution in [0, 0.1) is 10.1 Å². The van der Waals surface area contributed by atoms with Crippen LogP contribution in [0.5, 0.6) is 0 Å². The van der Waals surface area contributed by atoms with Crippen molar-refractivity contribution >= 4 is 5.97 Å². The quantitative estimate of drug-likeness (QED) is 0.355. The van der Waals surface area contributed by atoms with Gasteiger partial charge in [0, 0.05) is 17.8 Å². The Kier molecular flexibility index (Phi) is 3.72. The molecular weight excluding hydrogens is 234 g/mol. The lowest BCUT2D eigenvalue weighted by Gasteiger charge is -2.22. The second-order valence-corrected chi connectivity index (χ2v) is 4.11. The molecule has 0 amide bonds. The summed E-state index contributed by atoms with van der Waals surface area (Å²) in [6.07, 6.45) is 3.57. The van der Waals surface area contributed by atoms with Crippen molar-refractivity contribution in [2.24, 2.45) is 0 Å². The van der Waals surface area contributed by atoms with Crippen LogP contribution < -0.4 is 0 Å². The number of benzene rings is 1. The molecule has 0 radical (unpaired) electrons. The van der Waals surface area contributed by atoms with Gasteiger partial charge in [0.05, 0.1) is 5.56 Å². The predicted octanol–water partition coefficient (Wildman–Crippen LogP) is 2.21. The van der Waals surface area contributed by atoms with Crippen LogP contribution in [0.15, 0.2) is 42.5 Å². The summed E-state index contributed by atoms with van der Waals surface area (Å²) in [6, 6.07) is 7.65. The van der Waals surface area contributed by atoms with Gasteiger partial charge in [-0.1, -0.05) is 30.4 Å². The number of hydrogen-bond donors (Lipinski definition) is 0. The summed E-state index contributed by atoms with van der Waals surface area (Å²) in [4.78, 5) is 22.3. The maximum Gasteiger partial charge on any atom is 0.338 e. The van der Waals surface area contributed by atoms with Crippen LogP contribution in [0.2, 0.25) is 0 Å². The van der Waals surface area contributed by atoms with Gasteiger partial charge in [-0.15, -0.1) is 0 Å². The minimum atomic E-state index is -0.845. The van der Waals surface area contributed by atoms with E-state index in [0.29, 0.717) is 18.4 Å². The molecule has 1 aromatic carbocycles. The van der Waals surface area contributed by atoms with Crippen LogP contribution in [0.1, 0.15) is 23.2 Å². The molecule has 2 atom stereocenters. The summed E-state index contributed by atoms with van der Waals surface area (Å²) in [7, 11) is 0. The van der Waals surface area contributed by atoms with E-state index in [1.165, 1.54) is 0 Å². The first-order valence-electron chi connectivity index (χ1n) is 5.73. The molecule has 94 valence electrons. The molecule has 0 N–H and O–H groups in total. The van der Waals surface area contributed by atoms with Gasteiger partial charge in [-0.3, -0.25) is 10.1 Å². The van der Waals surface area contributed by atoms with Crippen LogP contribution in [0.3, 0.4) is 0 Å². The molecule has 1 aliphatic rings. The number of carbonyl (C=O) groups is 1. The fourth-order valence-electron chi connectivity index (χ4n) is 1.90. The Morgan fingerprint density at radius 2 is 1.89 bits per heavy atom. The molecule has 2 unspecified atom stereocenters. The van der Waals surface area contributed by atoms with Gasteiger partial charge in [-0.25, -0.2) is 4.79 Å². The van der Waals surface area contributed by atoms with Gasteiger partial charge in [-0.05, 0) is 12.1 Å². The SMILES string of the molecule is O=C(OC1CC=CCC1[N+](=O)[O-])c1ccccc1. The molecule has 0 heterocycles. The first-order valence-corrected chi connectivity index (χ1v) is 5.73. The van der Waals surface area contributed by atoms with Gasteiger partial charge in [0.2, 0.25) is 0 Å². The molecule has 0 saturated carbocycles. The van der Waals surface area contributed by atoms with Crippen molar-refractivity contribution in [1.29, 1.82) is 0 Å². The minimum absolute atomic E-state index is 0.305. The zero-order valence-corrected chi connectivity index (χ0v) is 9.69. The van der Waals surface area contributed by atoms with Crippen molar-refractivity contribution in [3.63, 3.8) is 0 Å². The van der Waals surface area contributed by atoms with Crippen LogP contribution >= 0.6 is 0 Å². The van der Waals surface area contributed by atoms with Gasteiger partial charge in [0.25, 0.3) is 6.04 Å². The molecular formula is C13H13NO4. The summed E-state index contributed by atoms with van der Waals surface area (Å²) in [5, 5.41) is 10.9. The Hall–Kier alpha value is -2.17. The molecule has 2 rings (SSSR count). The molecule has 0 aromatic heterocycles. The zero-order chi connectivity index (χ0) is 13.0. The molecule has 0 spiro atoms. The Balaban J connectivity index is 2.06. The van der Waals surface area contributed by atoms with Crippen molar-refractivity contribution in [3.8, 4) is 0 Å². The van der Waals surface area contributed by atoms with Crippen molar-refractivity contribution in [1.82, 2.24) is 0 Å². The van der Waals surface area contributed by atoms with Gasteiger partial charge < -0.3 is 4.74 Å². The summed E-state index contributed by atoms with van der Waals surface area (Å²) in [6.45, 7) is 0. The van der Waals surface area contributed by atoms with E-state index < -0.39 is 18.1 Å². The molecule has 5 heteroatoms. The normalized spacial score (nSPS) is 22.4. The van der Waals surface area contributed by atoms with E-state index in [0.717, 1.165) is 0 Å². The van der Waals surface area contributed by atoms with Crippen molar-refractivity contribution in [3.05, 3.63) is 58.2 Å². The van der Waals surface area contributed by atoms with Gasteiger partial charge in [0.15, 0.2) is 6.10 Å². The topological polar surface area (TPSA) is 69.4 Å². The highest BCUT2D eigenvalue weighted by molar-refractivity contribution is 5.89. The molecule has 0 bridgehead atoms. The maximum absolute atomic E-state index is 11.8. The maximum atomic E-state index is 11.8. The van der Waals surface area contributed by atoms with E-state index in [-0.39, 0.29) is 4.92 Å². The number of hydrogen-bond acceptors (Lipinski definition) is 4. The summed E-state index contributed by atoms with van der Waals surface area (Å²) in [5.74, 6) is -0.511. The lowest BCUT2D eigenvalue weighted by molar-refractivity contribution is -0.533. The minimum Gasteiger partial charge on any atom is -0.451 e. The highest BCUT2D eigenvalue weighted by Crippen LogP contribution is 2.19. The van der Waals surface area contributed by atoms with Gasteiger partial charge in [-0.2, -0.15) is 0 Å². The standard InChI is InChI=1S/C13H13NO4/c15-13(10-6-2-1-3-7-10)18-12-9-5-4-8-11(12)14(16)17/h1-7,11-12H,8-9H2. The third-order valence-electron chi connectivity index (χ3n) is 2.88. The van der Waals surface area contributed by atoms with Crippen LogP contribution in [-0.2, 0) is 4.74 Å². The lowest BCUT2D eigenvalue weighted by Crippen LogP contribution is -2.38. The van der Waals surface area contributed by atoms with E-state index in [2.05, 4.69) is 0 Å². The first kappa shape index (κ1) is 12.3. The number of rotatable bonds is 3. The van der Waals surface area contributed by atoms with Gasteiger partial charge >= 0.3 is 5.97 Å². The fraction of sp³-hybridized carbons (Fsp3) is 0.308. The van der Waals surface area contributed by atoms with E-state index >= 15 is 0 Å². The lowest BCUT2D eigenvalue weighted by atomic mass is 9.99. The van der Waals surface area contributed by atoms with Gasteiger partial charge in [0.1, 0.15) is 0 Å². The fourth-order valence-corrected chi connectivity index (χ4v) is 1.90. The number of carbonyl (C=O) groups excluding carboxylic acids is 1. The Bertz CT molecular complexity index is 469. The molecule has 0 saturated heterocycles. The largest absolute Gasteiger partial charge is 0.451 e. The number of esters is 1. The predicted molar refractivity (Wildman–Crippen MR) is 64.8 cm³/mol. The van der Waals surface area contributed by atoms with E-state index in [1.807, 2.05) is 6.08 Å². The van der Waals surface area contributed by atoms with Crippen LogP contribution in [0.4, 0.5) is 0 Å².